The first-order valence-corrected chi connectivity index (χ1v) is 10.6. The summed E-state index contributed by atoms with van der Waals surface area (Å²) in [5.74, 6) is -0.500. The number of unbranched alkanes of at least 4 members (excludes halogenated alkanes) is 2. The highest BCUT2D eigenvalue weighted by molar-refractivity contribution is 8.00. The summed E-state index contributed by atoms with van der Waals surface area (Å²) in [4.78, 5) is 28.6. The van der Waals surface area contributed by atoms with Crippen LogP contribution in [0.1, 0.15) is 58.9 Å². The average molecular weight is 400 g/mol. The van der Waals surface area contributed by atoms with Crippen LogP contribution in [0.25, 0.3) is 0 Å². The molecule has 2 rings (SSSR count). The van der Waals surface area contributed by atoms with Gasteiger partial charge in [0.15, 0.2) is 0 Å². The van der Waals surface area contributed by atoms with E-state index < -0.39 is 5.91 Å². The summed E-state index contributed by atoms with van der Waals surface area (Å²) in [6, 6.07) is 7.96. The van der Waals surface area contributed by atoms with Gasteiger partial charge < -0.3 is 11.1 Å². The number of thioether (sulfide) groups is 1. The molecule has 1 aromatic heterocycles. The third kappa shape index (κ3) is 5.83. The average Bonchev–Trinajstić information content (AvgIpc) is 2.65. The normalized spacial score (nSPS) is 10.7. The van der Waals surface area contributed by atoms with Gasteiger partial charge in [-0.3, -0.25) is 9.59 Å². The summed E-state index contributed by atoms with van der Waals surface area (Å²) >= 11 is 1.23. The molecule has 0 saturated heterocycles. The number of pyridine rings is 1. The van der Waals surface area contributed by atoms with Gasteiger partial charge in [0.25, 0.3) is 5.91 Å². The third-order valence-electron chi connectivity index (χ3n) is 4.86. The Morgan fingerprint density at radius 1 is 1.07 bits per heavy atom. The molecule has 0 bridgehead atoms. The van der Waals surface area contributed by atoms with Crippen LogP contribution in [0.15, 0.2) is 29.3 Å². The SMILES string of the molecule is CCCCCc1ccc(NC(=O)CSc2nc(C)c(C)c(C)c2C(N)=O)cc1. The lowest BCUT2D eigenvalue weighted by atomic mass is 10.0. The van der Waals surface area contributed by atoms with E-state index in [0.29, 0.717) is 10.6 Å². The molecule has 0 unspecified atom stereocenters. The fourth-order valence-corrected chi connectivity index (χ4v) is 3.91. The molecule has 0 aliphatic heterocycles. The highest BCUT2D eigenvalue weighted by Gasteiger charge is 2.18. The zero-order valence-electron chi connectivity index (χ0n) is 17.1. The van der Waals surface area contributed by atoms with E-state index in [1.54, 1.807) is 0 Å². The Balaban J connectivity index is 1.98. The number of carbonyl (C=O) groups excluding carboxylic acids is 2. The van der Waals surface area contributed by atoms with Gasteiger partial charge in [0, 0.05) is 11.4 Å². The van der Waals surface area contributed by atoms with Gasteiger partial charge in [-0.05, 0) is 62.4 Å². The maximum Gasteiger partial charge on any atom is 0.251 e. The van der Waals surface area contributed by atoms with Gasteiger partial charge in [0.05, 0.1) is 11.3 Å². The van der Waals surface area contributed by atoms with Gasteiger partial charge in [0.1, 0.15) is 5.03 Å². The number of amides is 2. The van der Waals surface area contributed by atoms with Crippen LogP contribution in [0, 0.1) is 20.8 Å². The molecule has 0 fully saturated rings. The molecular formula is C22H29N3O2S. The second kappa shape index (κ2) is 10.3. The lowest BCUT2D eigenvalue weighted by molar-refractivity contribution is -0.113. The van der Waals surface area contributed by atoms with Crippen molar-refractivity contribution in [2.45, 2.75) is 58.4 Å². The van der Waals surface area contributed by atoms with Crippen molar-refractivity contribution in [3.8, 4) is 0 Å². The quantitative estimate of drug-likeness (QED) is 0.478. The Hall–Kier alpha value is -2.34. The van der Waals surface area contributed by atoms with E-state index >= 15 is 0 Å². The van der Waals surface area contributed by atoms with Gasteiger partial charge in [0.2, 0.25) is 5.91 Å². The number of hydrogen-bond acceptors (Lipinski definition) is 4. The number of nitrogens with two attached hydrogens (primary N) is 1. The Morgan fingerprint density at radius 3 is 2.36 bits per heavy atom. The molecule has 5 nitrogen and oxygen atoms in total. The van der Waals surface area contributed by atoms with Crippen LogP contribution in [0.5, 0.6) is 0 Å². The van der Waals surface area contributed by atoms with Gasteiger partial charge in [-0.2, -0.15) is 0 Å². The number of aryl methyl sites for hydroxylation is 2. The number of nitrogens with one attached hydrogen (secondary N) is 1. The molecule has 6 heteroatoms. The zero-order valence-corrected chi connectivity index (χ0v) is 17.9. The second-order valence-corrected chi connectivity index (χ2v) is 7.95. The number of hydrogen-bond donors (Lipinski definition) is 2. The molecule has 2 aromatic rings. The first kappa shape index (κ1) is 22.0. The number of primary amides is 1. The number of aromatic nitrogens is 1. The Morgan fingerprint density at radius 2 is 1.75 bits per heavy atom. The number of nitrogens with zero attached hydrogens (tertiary/aromatic N) is 1. The monoisotopic (exact) mass is 399 g/mol. The van der Waals surface area contributed by atoms with Gasteiger partial charge in [-0.1, -0.05) is 43.7 Å². The fraction of sp³-hybridized carbons (Fsp3) is 0.409. The number of benzene rings is 1. The molecule has 0 aliphatic carbocycles. The summed E-state index contributed by atoms with van der Waals surface area (Å²) < 4.78 is 0. The van der Waals surface area contributed by atoms with Crippen molar-refractivity contribution >= 4 is 29.3 Å². The molecule has 1 aromatic carbocycles. The molecular weight excluding hydrogens is 370 g/mol. The van der Waals surface area contributed by atoms with Crippen molar-refractivity contribution in [1.82, 2.24) is 4.98 Å². The van der Waals surface area contributed by atoms with Gasteiger partial charge in [-0.15, -0.1) is 0 Å². The standard InChI is InChI=1S/C22H29N3O2S/c1-5-6-7-8-17-9-11-18(12-10-17)25-19(26)13-28-22-20(21(23)27)15(3)14(2)16(4)24-22/h9-12H,5-8,13H2,1-4H3,(H2,23,27)(H,25,26). The highest BCUT2D eigenvalue weighted by atomic mass is 32.2. The van der Waals surface area contributed by atoms with Crippen molar-refractivity contribution in [2.75, 3.05) is 11.1 Å². The van der Waals surface area contributed by atoms with E-state index in [1.807, 2.05) is 32.9 Å². The number of rotatable bonds is 9. The smallest absolute Gasteiger partial charge is 0.251 e. The minimum Gasteiger partial charge on any atom is -0.366 e. The van der Waals surface area contributed by atoms with E-state index in [1.165, 1.54) is 36.6 Å². The van der Waals surface area contributed by atoms with Crippen LogP contribution in [0.3, 0.4) is 0 Å². The lowest BCUT2D eigenvalue weighted by Crippen LogP contribution is -2.18. The zero-order chi connectivity index (χ0) is 20.7. The van der Waals surface area contributed by atoms with E-state index in [0.717, 1.165) is 28.9 Å². The van der Waals surface area contributed by atoms with E-state index in [4.69, 9.17) is 5.73 Å². The van der Waals surface area contributed by atoms with E-state index in [9.17, 15) is 9.59 Å². The molecule has 0 atom stereocenters. The van der Waals surface area contributed by atoms with Crippen molar-refractivity contribution in [3.05, 3.63) is 52.2 Å². The molecule has 28 heavy (non-hydrogen) atoms. The van der Waals surface area contributed by atoms with Crippen molar-refractivity contribution in [3.63, 3.8) is 0 Å². The molecule has 3 N–H and O–H groups in total. The minimum atomic E-state index is -0.519. The molecule has 2 amide bonds. The summed E-state index contributed by atoms with van der Waals surface area (Å²) in [6.07, 6.45) is 4.68. The predicted molar refractivity (Wildman–Crippen MR) is 116 cm³/mol. The Labute approximate surface area is 171 Å². The van der Waals surface area contributed by atoms with E-state index in [2.05, 4.69) is 29.4 Å². The van der Waals surface area contributed by atoms with Gasteiger partial charge in [-0.25, -0.2) is 4.98 Å². The van der Waals surface area contributed by atoms with Gasteiger partial charge >= 0.3 is 0 Å². The third-order valence-corrected chi connectivity index (χ3v) is 5.83. The number of carbonyl (C=O) groups is 2. The van der Waals surface area contributed by atoms with Crippen LogP contribution in [-0.2, 0) is 11.2 Å². The van der Waals surface area contributed by atoms with Crippen molar-refractivity contribution in [2.24, 2.45) is 5.73 Å². The minimum absolute atomic E-state index is 0.142. The van der Waals surface area contributed by atoms with Crippen LogP contribution >= 0.6 is 11.8 Å². The number of anilines is 1. The summed E-state index contributed by atoms with van der Waals surface area (Å²) in [7, 11) is 0. The van der Waals surface area contributed by atoms with Crippen molar-refractivity contribution < 1.29 is 9.59 Å². The van der Waals surface area contributed by atoms with E-state index in [-0.39, 0.29) is 11.7 Å². The second-order valence-electron chi connectivity index (χ2n) is 6.98. The summed E-state index contributed by atoms with van der Waals surface area (Å²) in [5.41, 5.74) is 10.6. The maximum atomic E-state index is 12.3. The molecule has 0 aliphatic rings. The molecule has 1 heterocycles. The topological polar surface area (TPSA) is 85.1 Å². The van der Waals surface area contributed by atoms with Crippen LogP contribution in [0.4, 0.5) is 5.69 Å². The summed E-state index contributed by atoms with van der Waals surface area (Å²) in [6.45, 7) is 7.85. The van der Waals surface area contributed by atoms with Crippen LogP contribution < -0.4 is 11.1 Å². The first-order valence-electron chi connectivity index (χ1n) is 9.62. The lowest BCUT2D eigenvalue weighted by Gasteiger charge is -2.13. The Kier molecular flexibility index (Phi) is 8.05. The Bertz CT molecular complexity index is 848. The highest BCUT2D eigenvalue weighted by Crippen LogP contribution is 2.27. The molecule has 150 valence electrons. The van der Waals surface area contributed by atoms with Crippen LogP contribution in [0.2, 0.25) is 0 Å². The first-order chi connectivity index (χ1) is 13.3. The molecule has 0 spiro atoms. The largest absolute Gasteiger partial charge is 0.366 e. The summed E-state index contributed by atoms with van der Waals surface area (Å²) in [5, 5.41) is 3.40. The predicted octanol–water partition coefficient (Wildman–Crippen LogP) is 4.57. The molecule has 0 radical (unpaired) electrons. The van der Waals surface area contributed by atoms with Crippen LogP contribution in [-0.4, -0.2) is 22.6 Å². The maximum absolute atomic E-state index is 12.3. The fourth-order valence-electron chi connectivity index (χ4n) is 2.97. The van der Waals surface area contributed by atoms with Crippen molar-refractivity contribution in [1.29, 1.82) is 0 Å². The molecule has 0 saturated carbocycles.